The monoisotopic (exact) mass is 345 g/mol. The number of benzene rings is 1. The molecule has 0 unspecified atom stereocenters. The number of allylic oxidation sites excluding steroid dienone is 1. The lowest BCUT2D eigenvalue weighted by molar-refractivity contribution is -0.139. The summed E-state index contributed by atoms with van der Waals surface area (Å²) >= 11 is 0. The highest BCUT2D eigenvalue weighted by Gasteiger charge is 2.33. The van der Waals surface area contributed by atoms with Gasteiger partial charge in [0.2, 0.25) is 0 Å². The van der Waals surface area contributed by atoms with Crippen molar-refractivity contribution in [2.75, 3.05) is 6.54 Å². The Morgan fingerprint density at radius 2 is 1.92 bits per heavy atom. The molecule has 0 saturated carbocycles. The predicted molar refractivity (Wildman–Crippen MR) is 92.1 cm³/mol. The molecule has 1 saturated heterocycles. The number of amides is 1. The molecule has 1 heterocycles. The van der Waals surface area contributed by atoms with E-state index in [4.69, 9.17) is 5.11 Å². The van der Waals surface area contributed by atoms with E-state index in [-0.39, 0.29) is 30.1 Å². The fourth-order valence-corrected chi connectivity index (χ4v) is 3.03. The summed E-state index contributed by atoms with van der Waals surface area (Å²) in [5.74, 6) is -1.34. The number of aliphatic carboxylic acids is 1. The first-order valence-electron chi connectivity index (χ1n) is 8.35. The molecule has 1 aliphatic heterocycles. The molecule has 1 aromatic rings. The largest absolute Gasteiger partial charge is 0.481 e. The van der Waals surface area contributed by atoms with Gasteiger partial charge in [0.1, 0.15) is 0 Å². The standard InChI is InChI=1S/C19H23NO5/c1-13-9-10-20(19(25)14-5-3-2-4-6-14)17(13)8-7-15(21)11-16(22)12-18(23)24/h2-8,13,16-17,22H,9-12H2,1H3,(H,23,24)/b8-7+/t13-,16-,17-/m1/s1. The first kappa shape index (κ1) is 18.9. The van der Waals surface area contributed by atoms with Crippen LogP contribution in [0.25, 0.3) is 0 Å². The third kappa shape index (κ3) is 5.26. The minimum atomic E-state index is -1.20. The minimum absolute atomic E-state index is 0.0713. The van der Waals surface area contributed by atoms with E-state index in [0.29, 0.717) is 12.1 Å². The van der Waals surface area contributed by atoms with Crippen LogP contribution in [0, 0.1) is 5.92 Å². The van der Waals surface area contributed by atoms with E-state index in [1.165, 1.54) is 6.08 Å². The summed E-state index contributed by atoms with van der Waals surface area (Å²) < 4.78 is 0. The average Bonchev–Trinajstić information content (AvgIpc) is 2.93. The van der Waals surface area contributed by atoms with Gasteiger partial charge in [-0.2, -0.15) is 0 Å². The van der Waals surface area contributed by atoms with E-state index in [1.54, 1.807) is 23.1 Å². The Kier molecular flexibility index (Phi) is 6.47. The number of hydrogen-bond acceptors (Lipinski definition) is 4. The van der Waals surface area contributed by atoms with E-state index in [2.05, 4.69) is 0 Å². The molecule has 1 aliphatic rings. The molecule has 2 N–H and O–H groups in total. The van der Waals surface area contributed by atoms with Crippen LogP contribution in [0.15, 0.2) is 42.5 Å². The normalized spacial score (nSPS) is 21.4. The molecule has 2 rings (SSSR count). The SMILES string of the molecule is C[C@@H]1CCN(C(=O)c2ccccc2)[C@@H]1/C=C/C(=O)C[C@@H](O)CC(=O)O. The number of aliphatic hydroxyl groups excluding tert-OH is 1. The van der Waals surface area contributed by atoms with Crippen molar-refractivity contribution in [3.63, 3.8) is 0 Å². The first-order chi connectivity index (χ1) is 11.9. The Labute approximate surface area is 146 Å². The molecule has 134 valence electrons. The van der Waals surface area contributed by atoms with E-state index >= 15 is 0 Å². The van der Waals surface area contributed by atoms with Crippen molar-refractivity contribution in [3.8, 4) is 0 Å². The summed E-state index contributed by atoms with van der Waals surface area (Å²) in [6.07, 6.45) is 1.99. The van der Waals surface area contributed by atoms with Crippen LogP contribution in [-0.2, 0) is 9.59 Å². The van der Waals surface area contributed by atoms with Crippen LogP contribution in [0.1, 0.15) is 36.5 Å². The van der Waals surface area contributed by atoms with Gasteiger partial charge in [-0.15, -0.1) is 0 Å². The molecular formula is C19H23NO5. The Morgan fingerprint density at radius 1 is 1.24 bits per heavy atom. The number of carbonyl (C=O) groups excluding carboxylic acids is 2. The molecule has 6 heteroatoms. The maximum Gasteiger partial charge on any atom is 0.305 e. The smallest absolute Gasteiger partial charge is 0.305 e. The van der Waals surface area contributed by atoms with E-state index in [1.807, 2.05) is 25.1 Å². The fraction of sp³-hybridized carbons (Fsp3) is 0.421. The van der Waals surface area contributed by atoms with Crippen LogP contribution in [0.4, 0.5) is 0 Å². The Bertz CT molecular complexity index is 655. The molecule has 0 radical (unpaired) electrons. The Morgan fingerprint density at radius 3 is 2.56 bits per heavy atom. The summed E-state index contributed by atoms with van der Waals surface area (Å²) in [6, 6.07) is 8.81. The number of ketones is 1. The van der Waals surface area contributed by atoms with Crippen LogP contribution in [-0.4, -0.2) is 51.5 Å². The second kappa shape index (κ2) is 8.58. The highest BCUT2D eigenvalue weighted by molar-refractivity contribution is 5.95. The van der Waals surface area contributed by atoms with Gasteiger partial charge >= 0.3 is 5.97 Å². The van der Waals surface area contributed by atoms with Gasteiger partial charge in [-0.1, -0.05) is 31.2 Å². The maximum absolute atomic E-state index is 12.6. The van der Waals surface area contributed by atoms with Gasteiger partial charge in [0.25, 0.3) is 5.91 Å². The van der Waals surface area contributed by atoms with Gasteiger partial charge in [-0.05, 0) is 30.5 Å². The molecule has 1 amide bonds. The van der Waals surface area contributed by atoms with Gasteiger partial charge < -0.3 is 15.1 Å². The van der Waals surface area contributed by atoms with Crippen molar-refractivity contribution in [1.82, 2.24) is 4.90 Å². The Balaban J connectivity index is 2.01. The van der Waals surface area contributed by atoms with Crippen LogP contribution in [0.3, 0.4) is 0 Å². The number of hydrogen-bond donors (Lipinski definition) is 2. The summed E-state index contributed by atoms with van der Waals surface area (Å²) in [5, 5.41) is 18.1. The zero-order valence-electron chi connectivity index (χ0n) is 14.2. The summed E-state index contributed by atoms with van der Waals surface area (Å²) in [7, 11) is 0. The van der Waals surface area contributed by atoms with Crippen molar-refractivity contribution < 1.29 is 24.6 Å². The third-order valence-corrected chi connectivity index (χ3v) is 4.38. The predicted octanol–water partition coefficient (Wildman–Crippen LogP) is 1.89. The first-order valence-corrected chi connectivity index (χ1v) is 8.35. The van der Waals surface area contributed by atoms with Crippen LogP contribution < -0.4 is 0 Å². The molecule has 3 atom stereocenters. The molecular weight excluding hydrogens is 322 g/mol. The molecule has 0 aromatic heterocycles. The molecule has 0 aliphatic carbocycles. The number of nitrogens with zero attached hydrogens (tertiary/aromatic N) is 1. The van der Waals surface area contributed by atoms with E-state index in [9.17, 15) is 19.5 Å². The maximum atomic E-state index is 12.6. The molecule has 1 fully saturated rings. The number of rotatable bonds is 7. The zero-order chi connectivity index (χ0) is 18.4. The van der Waals surface area contributed by atoms with E-state index in [0.717, 1.165) is 6.42 Å². The lowest BCUT2D eigenvalue weighted by Gasteiger charge is -2.24. The molecule has 0 bridgehead atoms. The number of carboxylic acids is 1. The van der Waals surface area contributed by atoms with Gasteiger partial charge in [0.05, 0.1) is 18.6 Å². The second-order valence-corrected chi connectivity index (χ2v) is 6.40. The summed E-state index contributed by atoms with van der Waals surface area (Å²) in [6.45, 7) is 2.65. The molecule has 0 spiro atoms. The van der Waals surface area contributed by atoms with Crippen molar-refractivity contribution >= 4 is 17.7 Å². The topological polar surface area (TPSA) is 94.9 Å². The van der Waals surface area contributed by atoms with Crippen molar-refractivity contribution in [2.45, 2.75) is 38.3 Å². The van der Waals surface area contributed by atoms with Gasteiger partial charge in [-0.3, -0.25) is 14.4 Å². The van der Waals surface area contributed by atoms with Gasteiger partial charge in [-0.25, -0.2) is 0 Å². The summed E-state index contributed by atoms with van der Waals surface area (Å²) in [4.78, 5) is 36.8. The average molecular weight is 345 g/mol. The number of carbonyl (C=O) groups is 3. The second-order valence-electron chi connectivity index (χ2n) is 6.40. The fourth-order valence-electron chi connectivity index (χ4n) is 3.03. The van der Waals surface area contributed by atoms with Crippen LogP contribution >= 0.6 is 0 Å². The number of carboxylic acid groups (broad SMARTS) is 1. The zero-order valence-corrected chi connectivity index (χ0v) is 14.2. The Hall–Kier alpha value is -2.47. The highest BCUT2D eigenvalue weighted by Crippen LogP contribution is 2.26. The lowest BCUT2D eigenvalue weighted by atomic mass is 10.0. The lowest BCUT2D eigenvalue weighted by Crippen LogP contribution is -2.36. The van der Waals surface area contributed by atoms with Crippen molar-refractivity contribution in [3.05, 3.63) is 48.0 Å². The van der Waals surface area contributed by atoms with Crippen LogP contribution in [0.5, 0.6) is 0 Å². The molecule has 1 aromatic carbocycles. The van der Waals surface area contributed by atoms with Crippen LogP contribution in [0.2, 0.25) is 0 Å². The van der Waals surface area contributed by atoms with Gasteiger partial charge in [0, 0.05) is 18.5 Å². The highest BCUT2D eigenvalue weighted by atomic mass is 16.4. The number of aliphatic hydroxyl groups is 1. The molecule has 6 nitrogen and oxygen atoms in total. The number of likely N-dealkylation sites (tertiary alicyclic amines) is 1. The third-order valence-electron chi connectivity index (χ3n) is 4.38. The van der Waals surface area contributed by atoms with Gasteiger partial charge in [0.15, 0.2) is 5.78 Å². The summed E-state index contributed by atoms with van der Waals surface area (Å²) in [5.41, 5.74) is 0.609. The van der Waals surface area contributed by atoms with Crippen molar-refractivity contribution in [1.29, 1.82) is 0 Å². The van der Waals surface area contributed by atoms with Crippen molar-refractivity contribution in [2.24, 2.45) is 5.92 Å². The van der Waals surface area contributed by atoms with E-state index < -0.39 is 18.5 Å². The quantitative estimate of drug-likeness (QED) is 0.736. The minimum Gasteiger partial charge on any atom is -0.481 e. The molecule has 25 heavy (non-hydrogen) atoms.